The van der Waals surface area contributed by atoms with Crippen LogP contribution in [0.5, 0.6) is 0 Å². The van der Waals surface area contributed by atoms with Crippen LogP contribution < -0.4 is 10.6 Å². The van der Waals surface area contributed by atoms with Crippen molar-refractivity contribution in [1.82, 2.24) is 0 Å². The lowest BCUT2D eigenvalue weighted by atomic mass is 10.1. The standard InChI is InChI=1S/C23H22N2O2/c1-15-5-12-20(13-6-15)24-22(26)18-8-10-19(11-9-18)23(27)25-21-14-16(2)4-7-17(21)3/h4-14H,1-3H3,(H,24,26)(H,25,27). The van der Waals surface area contributed by atoms with E-state index in [1.54, 1.807) is 24.3 Å². The van der Waals surface area contributed by atoms with Gasteiger partial charge in [0.15, 0.2) is 0 Å². The molecule has 3 aromatic carbocycles. The Balaban J connectivity index is 1.68. The maximum absolute atomic E-state index is 12.5. The Morgan fingerprint density at radius 3 is 1.74 bits per heavy atom. The molecule has 0 radical (unpaired) electrons. The Labute approximate surface area is 159 Å². The largest absolute Gasteiger partial charge is 0.322 e. The summed E-state index contributed by atoms with van der Waals surface area (Å²) in [6.45, 7) is 5.93. The van der Waals surface area contributed by atoms with Gasteiger partial charge in [0.05, 0.1) is 0 Å². The van der Waals surface area contributed by atoms with E-state index in [0.717, 1.165) is 28.1 Å². The number of hydrogen-bond donors (Lipinski definition) is 2. The molecular weight excluding hydrogens is 336 g/mol. The number of hydrogen-bond acceptors (Lipinski definition) is 2. The Kier molecular flexibility index (Phi) is 5.36. The zero-order chi connectivity index (χ0) is 19.4. The smallest absolute Gasteiger partial charge is 0.255 e. The molecule has 0 spiro atoms. The first-order valence-corrected chi connectivity index (χ1v) is 8.79. The van der Waals surface area contributed by atoms with Gasteiger partial charge in [-0.25, -0.2) is 0 Å². The van der Waals surface area contributed by atoms with Crippen molar-refractivity contribution < 1.29 is 9.59 Å². The van der Waals surface area contributed by atoms with Gasteiger partial charge in [-0.2, -0.15) is 0 Å². The first-order chi connectivity index (χ1) is 12.9. The number of amides is 2. The predicted molar refractivity (Wildman–Crippen MR) is 109 cm³/mol. The fraction of sp³-hybridized carbons (Fsp3) is 0.130. The second kappa shape index (κ2) is 7.87. The highest BCUT2D eigenvalue weighted by atomic mass is 16.2. The van der Waals surface area contributed by atoms with Gasteiger partial charge in [0.2, 0.25) is 0 Å². The van der Waals surface area contributed by atoms with Gasteiger partial charge in [0.1, 0.15) is 0 Å². The van der Waals surface area contributed by atoms with Gasteiger partial charge in [0.25, 0.3) is 11.8 Å². The second-order valence-electron chi connectivity index (χ2n) is 6.67. The average Bonchev–Trinajstić information content (AvgIpc) is 2.66. The molecule has 0 saturated carbocycles. The van der Waals surface area contributed by atoms with Gasteiger partial charge in [-0.3, -0.25) is 9.59 Å². The first-order valence-electron chi connectivity index (χ1n) is 8.79. The first kappa shape index (κ1) is 18.4. The van der Waals surface area contributed by atoms with Crippen LogP contribution in [0.15, 0.2) is 66.7 Å². The van der Waals surface area contributed by atoms with Gasteiger partial charge in [0, 0.05) is 22.5 Å². The minimum atomic E-state index is -0.208. The molecule has 3 aromatic rings. The van der Waals surface area contributed by atoms with Crippen LogP contribution in [-0.2, 0) is 0 Å². The SMILES string of the molecule is Cc1ccc(NC(=O)c2ccc(C(=O)Nc3cc(C)ccc3C)cc2)cc1. The van der Waals surface area contributed by atoms with Crippen molar-refractivity contribution in [3.8, 4) is 0 Å². The van der Waals surface area contributed by atoms with Crippen molar-refractivity contribution in [2.75, 3.05) is 10.6 Å². The van der Waals surface area contributed by atoms with Crippen LogP contribution in [0, 0.1) is 20.8 Å². The fourth-order valence-corrected chi connectivity index (χ4v) is 2.68. The number of nitrogens with one attached hydrogen (secondary N) is 2. The van der Waals surface area contributed by atoms with Gasteiger partial charge in [-0.05, 0) is 74.4 Å². The molecule has 3 rings (SSSR count). The number of carbonyl (C=O) groups excluding carboxylic acids is 2. The van der Waals surface area contributed by atoms with Crippen molar-refractivity contribution in [3.05, 3.63) is 94.5 Å². The summed E-state index contributed by atoms with van der Waals surface area (Å²) in [6.07, 6.45) is 0. The molecule has 4 nitrogen and oxygen atoms in total. The topological polar surface area (TPSA) is 58.2 Å². The maximum Gasteiger partial charge on any atom is 0.255 e. The molecule has 0 saturated heterocycles. The van der Waals surface area contributed by atoms with E-state index in [0.29, 0.717) is 11.1 Å². The zero-order valence-corrected chi connectivity index (χ0v) is 15.7. The Bertz CT molecular complexity index is 974. The molecule has 27 heavy (non-hydrogen) atoms. The van der Waals surface area contributed by atoms with E-state index in [1.165, 1.54) is 0 Å². The van der Waals surface area contributed by atoms with Gasteiger partial charge >= 0.3 is 0 Å². The molecule has 0 fully saturated rings. The third kappa shape index (κ3) is 4.61. The van der Waals surface area contributed by atoms with Crippen LogP contribution in [0.1, 0.15) is 37.4 Å². The highest BCUT2D eigenvalue weighted by Crippen LogP contribution is 2.18. The summed E-state index contributed by atoms with van der Waals surface area (Å²) in [7, 11) is 0. The number of aryl methyl sites for hydroxylation is 3. The number of anilines is 2. The number of carbonyl (C=O) groups is 2. The van der Waals surface area contributed by atoms with Crippen LogP contribution in [-0.4, -0.2) is 11.8 Å². The molecule has 0 unspecified atom stereocenters. The molecule has 0 heterocycles. The molecule has 0 aliphatic heterocycles. The molecule has 0 bridgehead atoms. The second-order valence-corrected chi connectivity index (χ2v) is 6.67. The molecule has 2 N–H and O–H groups in total. The van der Waals surface area contributed by atoms with E-state index in [9.17, 15) is 9.59 Å². The van der Waals surface area contributed by atoms with Crippen molar-refractivity contribution in [2.24, 2.45) is 0 Å². The van der Waals surface area contributed by atoms with Crippen LogP contribution >= 0.6 is 0 Å². The predicted octanol–water partition coefficient (Wildman–Crippen LogP) is 5.12. The number of rotatable bonds is 4. The summed E-state index contributed by atoms with van der Waals surface area (Å²) in [5.41, 5.74) is 5.75. The monoisotopic (exact) mass is 358 g/mol. The molecule has 136 valence electrons. The summed E-state index contributed by atoms with van der Waals surface area (Å²) in [5.74, 6) is -0.408. The minimum absolute atomic E-state index is 0.200. The van der Waals surface area contributed by atoms with Crippen molar-refractivity contribution in [2.45, 2.75) is 20.8 Å². The molecule has 0 aliphatic rings. The van der Waals surface area contributed by atoms with Gasteiger partial charge in [-0.1, -0.05) is 29.8 Å². The van der Waals surface area contributed by atoms with E-state index in [2.05, 4.69) is 10.6 Å². The Morgan fingerprint density at radius 2 is 1.15 bits per heavy atom. The average molecular weight is 358 g/mol. The van der Waals surface area contributed by atoms with Gasteiger partial charge in [-0.15, -0.1) is 0 Å². The molecular formula is C23H22N2O2. The van der Waals surface area contributed by atoms with Crippen LogP contribution in [0.4, 0.5) is 11.4 Å². The lowest BCUT2D eigenvalue weighted by molar-refractivity contribution is 0.101. The highest BCUT2D eigenvalue weighted by molar-refractivity contribution is 6.07. The zero-order valence-electron chi connectivity index (χ0n) is 15.7. The van der Waals surface area contributed by atoms with Crippen molar-refractivity contribution in [1.29, 1.82) is 0 Å². The van der Waals surface area contributed by atoms with E-state index < -0.39 is 0 Å². The van der Waals surface area contributed by atoms with E-state index >= 15 is 0 Å². The third-order valence-corrected chi connectivity index (χ3v) is 4.36. The fourth-order valence-electron chi connectivity index (χ4n) is 2.68. The summed E-state index contributed by atoms with van der Waals surface area (Å²) in [6, 6.07) is 20.1. The lowest BCUT2D eigenvalue weighted by Crippen LogP contribution is -2.15. The van der Waals surface area contributed by atoms with E-state index in [1.807, 2.05) is 63.2 Å². The lowest BCUT2D eigenvalue weighted by Gasteiger charge is -2.10. The van der Waals surface area contributed by atoms with Crippen LogP contribution in [0.3, 0.4) is 0 Å². The normalized spacial score (nSPS) is 10.3. The summed E-state index contributed by atoms with van der Waals surface area (Å²) >= 11 is 0. The summed E-state index contributed by atoms with van der Waals surface area (Å²) < 4.78 is 0. The quantitative estimate of drug-likeness (QED) is 0.680. The van der Waals surface area contributed by atoms with Crippen LogP contribution in [0.2, 0.25) is 0 Å². The third-order valence-electron chi connectivity index (χ3n) is 4.36. The summed E-state index contributed by atoms with van der Waals surface area (Å²) in [4.78, 5) is 24.8. The molecule has 0 atom stereocenters. The highest BCUT2D eigenvalue weighted by Gasteiger charge is 2.11. The van der Waals surface area contributed by atoms with Crippen molar-refractivity contribution >= 4 is 23.2 Å². The summed E-state index contributed by atoms with van der Waals surface area (Å²) in [5, 5.41) is 5.77. The number of benzene rings is 3. The minimum Gasteiger partial charge on any atom is -0.322 e. The van der Waals surface area contributed by atoms with Crippen LogP contribution in [0.25, 0.3) is 0 Å². The van der Waals surface area contributed by atoms with Gasteiger partial charge < -0.3 is 10.6 Å². The van der Waals surface area contributed by atoms with Crippen molar-refractivity contribution in [3.63, 3.8) is 0 Å². The molecule has 2 amide bonds. The van der Waals surface area contributed by atoms with E-state index in [-0.39, 0.29) is 11.8 Å². The Morgan fingerprint density at radius 1 is 0.630 bits per heavy atom. The molecule has 0 aromatic heterocycles. The Hall–Kier alpha value is -3.40. The molecule has 4 heteroatoms. The van der Waals surface area contributed by atoms with E-state index in [4.69, 9.17) is 0 Å². The molecule has 0 aliphatic carbocycles. The maximum atomic E-state index is 12.5.